The second-order valence-corrected chi connectivity index (χ2v) is 8.26. The average molecular weight is 395 g/mol. The Morgan fingerprint density at radius 3 is 3.04 bits per heavy atom. The third kappa shape index (κ3) is 5.75. The summed E-state index contributed by atoms with van der Waals surface area (Å²) in [6.07, 6.45) is 2.05. The molecule has 0 bridgehead atoms. The van der Waals surface area contributed by atoms with E-state index in [1.54, 1.807) is 35.7 Å². The zero-order chi connectivity index (χ0) is 18.2. The van der Waals surface area contributed by atoms with Crippen molar-refractivity contribution in [1.82, 2.24) is 5.32 Å². The van der Waals surface area contributed by atoms with Crippen molar-refractivity contribution in [3.8, 4) is 0 Å². The van der Waals surface area contributed by atoms with Crippen LogP contribution in [0.15, 0.2) is 29.3 Å². The van der Waals surface area contributed by atoms with Gasteiger partial charge in [0.25, 0.3) is 5.91 Å². The van der Waals surface area contributed by atoms with Crippen LogP contribution in [0.5, 0.6) is 0 Å². The number of hydrogen-bond acceptors (Lipinski definition) is 7. The van der Waals surface area contributed by atoms with Crippen molar-refractivity contribution >= 4 is 39.8 Å². The number of aliphatic imine (C=N–C) groups is 1. The van der Waals surface area contributed by atoms with Crippen LogP contribution in [0, 0.1) is 0 Å². The van der Waals surface area contributed by atoms with Gasteiger partial charge in [0, 0.05) is 24.7 Å². The number of carbonyl (C=O) groups is 2. The smallest absolute Gasteiger partial charge is 0.338 e. The van der Waals surface area contributed by atoms with Gasteiger partial charge in [-0.1, -0.05) is 41.7 Å². The van der Waals surface area contributed by atoms with Gasteiger partial charge in [-0.05, 0) is 24.5 Å². The summed E-state index contributed by atoms with van der Waals surface area (Å²) < 4.78 is 11.7. The minimum absolute atomic E-state index is 0.0729. The Balaban J connectivity index is 1.46. The maximum Gasteiger partial charge on any atom is 0.338 e. The Hall–Kier alpha value is -1.51. The first-order valence-corrected chi connectivity index (χ1v) is 10.6. The van der Waals surface area contributed by atoms with Gasteiger partial charge in [-0.15, -0.1) is 0 Å². The number of thioether (sulfide) groups is 2. The van der Waals surface area contributed by atoms with Crippen LogP contribution in [0.2, 0.25) is 0 Å². The molecule has 3 rings (SSSR count). The summed E-state index contributed by atoms with van der Waals surface area (Å²) in [6.45, 7) is 1.78. The summed E-state index contributed by atoms with van der Waals surface area (Å²) in [6, 6.07) is 7.32. The second kappa shape index (κ2) is 9.99. The number of benzene rings is 1. The first-order chi connectivity index (χ1) is 12.7. The van der Waals surface area contributed by atoms with Crippen molar-refractivity contribution in [2.45, 2.75) is 24.7 Å². The molecule has 0 saturated carbocycles. The lowest BCUT2D eigenvalue weighted by Crippen LogP contribution is -2.34. The molecular weight excluding hydrogens is 372 g/mol. The minimum atomic E-state index is -0.477. The van der Waals surface area contributed by atoms with E-state index in [2.05, 4.69) is 10.3 Å². The predicted molar refractivity (Wildman–Crippen MR) is 105 cm³/mol. The summed E-state index contributed by atoms with van der Waals surface area (Å²) in [5, 5.41) is 2.74. The number of carbonyl (C=O) groups excluding carboxylic acids is 2. The molecule has 0 aromatic heterocycles. The van der Waals surface area contributed by atoms with Crippen LogP contribution in [0.1, 0.15) is 28.8 Å². The molecule has 1 atom stereocenters. The number of esters is 1. The van der Waals surface area contributed by atoms with Crippen LogP contribution in [-0.2, 0) is 20.0 Å². The summed E-state index contributed by atoms with van der Waals surface area (Å²) >= 11 is 3.37. The summed E-state index contributed by atoms with van der Waals surface area (Å²) in [5.41, 5.74) is 1.38. The fourth-order valence-electron chi connectivity index (χ4n) is 2.68. The summed E-state index contributed by atoms with van der Waals surface area (Å²) in [4.78, 5) is 28.6. The lowest BCUT2D eigenvalue weighted by atomic mass is 10.1. The van der Waals surface area contributed by atoms with E-state index < -0.39 is 5.97 Å². The van der Waals surface area contributed by atoms with Crippen molar-refractivity contribution in [3.63, 3.8) is 0 Å². The van der Waals surface area contributed by atoms with Gasteiger partial charge in [0.2, 0.25) is 0 Å². The number of hydrogen-bond donors (Lipinski definition) is 1. The molecule has 2 aliphatic rings. The number of nitrogens with zero attached hydrogens (tertiary/aromatic N) is 1. The van der Waals surface area contributed by atoms with Crippen LogP contribution < -0.4 is 5.32 Å². The Labute approximate surface area is 161 Å². The van der Waals surface area contributed by atoms with E-state index in [9.17, 15) is 9.59 Å². The van der Waals surface area contributed by atoms with Gasteiger partial charge in [-0.2, -0.15) is 0 Å². The zero-order valence-corrected chi connectivity index (χ0v) is 16.1. The molecule has 2 heterocycles. The lowest BCUT2D eigenvalue weighted by molar-refractivity contribution is -0.124. The minimum Gasteiger partial charge on any atom is -0.452 e. The number of nitrogens with one attached hydrogen (secondary N) is 1. The Morgan fingerprint density at radius 2 is 2.27 bits per heavy atom. The molecule has 2 aliphatic heterocycles. The highest BCUT2D eigenvalue weighted by atomic mass is 32.2. The predicted octanol–water partition coefficient (Wildman–Crippen LogP) is 2.47. The van der Waals surface area contributed by atoms with Gasteiger partial charge in [-0.3, -0.25) is 9.79 Å². The second-order valence-electron chi connectivity index (χ2n) is 5.96. The van der Waals surface area contributed by atoms with E-state index >= 15 is 0 Å². The van der Waals surface area contributed by atoms with Crippen molar-refractivity contribution in [2.24, 2.45) is 4.99 Å². The molecule has 26 heavy (non-hydrogen) atoms. The van der Waals surface area contributed by atoms with Gasteiger partial charge in [-0.25, -0.2) is 4.79 Å². The third-order valence-electron chi connectivity index (χ3n) is 4.03. The monoisotopic (exact) mass is 394 g/mol. The average Bonchev–Trinajstić information content (AvgIpc) is 3.36. The highest BCUT2D eigenvalue weighted by molar-refractivity contribution is 8.38. The number of ether oxygens (including phenoxy) is 2. The van der Waals surface area contributed by atoms with Crippen molar-refractivity contribution in [1.29, 1.82) is 0 Å². The first-order valence-electron chi connectivity index (χ1n) is 8.66. The summed E-state index contributed by atoms with van der Waals surface area (Å²) in [5.74, 6) is 0.891. The molecule has 1 N–H and O–H groups in total. The van der Waals surface area contributed by atoms with E-state index in [1.165, 1.54) is 0 Å². The standard InChI is InChI=1S/C18H22N2O4S2/c21-16(20-10-14-5-3-8-23-14)11-24-17(22)15-6-2-1-4-13(15)12-26-18-19-7-9-25-18/h1-2,4,6,14H,3,5,7-12H2,(H,20,21)/t14-/m0/s1. The molecule has 1 amide bonds. The van der Waals surface area contributed by atoms with Crippen LogP contribution in [0.3, 0.4) is 0 Å². The molecule has 6 nitrogen and oxygen atoms in total. The van der Waals surface area contributed by atoms with Gasteiger partial charge in [0.05, 0.1) is 18.2 Å². The Morgan fingerprint density at radius 1 is 1.38 bits per heavy atom. The van der Waals surface area contributed by atoms with E-state index in [-0.39, 0.29) is 18.6 Å². The van der Waals surface area contributed by atoms with Gasteiger partial charge >= 0.3 is 5.97 Å². The molecule has 0 aliphatic carbocycles. The van der Waals surface area contributed by atoms with E-state index in [1.807, 2.05) is 12.1 Å². The third-order valence-corrected chi connectivity index (χ3v) is 6.33. The highest BCUT2D eigenvalue weighted by Crippen LogP contribution is 2.26. The maximum absolute atomic E-state index is 12.4. The van der Waals surface area contributed by atoms with Crippen LogP contribution in [0.25, 0.3) is 0 Å². The maximum atomic E-state index is 12.4. The molecule has 1 aromatic carbocycles. The molecule has 0 radical (unpaired) electrons. The van der Waals surface area contributed by atoms with Crippen LogP contribution in [-0.4, -0.2) is 54.4 Å². The molecule has 0 unspecified atom stereocenters. The molecule has 0 spiro atoms. The van der Waals surface area contributed by atoms with Crippen molar-refractivity contribution < 1.29 is 19.1 Å². The van der Waals surface area contributed by atoms with E-state index in [0.29, 0.717) is 17.9 Å². The topological polar surface area (TPSA) is 77.0 Å². The number of amides is 1. The van der Waals surface area contributed by atoms with Crippen LogP contribution in [0.4, 0.5) is 0 Å². The highest BCUT2D eigenvalue weighted by Gasteiger charge is 2.18. The largest absolute Gasteiger partial charge is 0.452 e. The molecular formula is C18H22N2O4S2. The SMILES string of the molecule is O=C(COC(=O)c1ccccc1CSC1=NCCS1)NC[C@@H]1CCCO1. The Kier molecular flexibility index (Phi) is 7.40. The molecule has 1 saturated heterocycles. The van der Waals surface area contributed by atoms with Gasteiger partial charge in [0.15, 0.2) is 6.61 Å². The lowest BCUT2D eigenvalue weighted by Gasteiger charge is -2.12. The quantitative estimate of drug-likeness (QED) is 0.716. The molecule has 8 heteroatoms. The van der Waals surface area contributed by atoms with Crippen molar-refractivity contribution in [3.05, 3.63) is 35.4 Å². The van der Waals surface area contributed by atoms with Gasteiger partial charge < -0.3 is 14.8 Å². The Bertz CT molecular complexity index is 675. The van der Waals surface area contributed by atoms with Crippen molar-refractivity contribution in [2.75, 3.05) is 32.1 Å². The molecule has 1 fully saturated rings. The van der Waals surface area contributed by atoms with Gasteiger partial charge in [0.1, 0.15) is 4.38 Å². The molecule has 140 valence electrons. The van der Waals surface area contributed by atoms with E-state index in [0.717, 1.165) is 41.7 Å². The normalized spacial score (nSPS) is 19.2. The van der Waals surface area contributed by atoms with E-state index in [4.69, 9.17) is 9.47 Å². The molecule has 1 aromatic rings. The fourth-order valence-corrected chi connectivity index (χ4v) is 4.69. The first kappa shape index (κ1) is 19.3. The fraction of sp³-hybridized carbons (Fsp3) is 0.500. The number of rotatable bonds is 7. The van der Waals surface area contributed by atoms with Crippen LogP contribution >= 0.6 is 23.5 Å². The summed E-state index contributed by atoms with van der Waals surface area (Å²) in [7, 11) is 0. The zero-order valence-electron chi connectivity index (χ0n) is 14.4.